The zero-order valence-corrected chi connectivity index (χ0v) is 10.9. The molecule has 2 aromatic rings. The quantitative estimate of drug-likeness (QED) is 0.860. The van der Waals surface area contributed by atoms with Crippen LogP contribution < -0.4 is 5.32 Å². The molecule has 0 radical (unpaired) electrons. The van der Waals surface area contributed by atoms with Crippen LogP contribution in [-0.2, 0) is 13.1 Å². The maximum Gasteiger partial charge on any atom is 0.120 e. The molecule has 0 aliphatic heterocycles. The summed E-state index contributed by atoms with van der Waals surface area (Å²) in [4.78, 5) is 0. The number of aryl methyl sites for hydroxylation is 2. The van der Waals surface area contributed by atoms with Gasteiger partial charge in [-0.2, -0.15) is 0 Å². The number of benzene rings is 2. The van der Waals surface area contributed by atoms with Gasteiger partial charge in [-0.25, -0.2) is 0 Å². The zero-order valence-electron chi connectivity index (χ0n) is 10.9. The van der Waals surface area contributed by atoms with Gasteiger partial charge >= 0.3 is 0 Å². The minimum absolute atomic E-state index is 0.359. The summed E-state index contributed by atoms with van der Waals surface area (Å²) in [5.74, 6) is 0.359. The topological polar surface area (TPSA) is 32.3 Å². The number of hydrogen-bond donors (Lipinski definition) is 2. The molecule has 0 bridgehead atoms. The van der Waals surface area contributed by atoms with Crippen LogP contribution >= 0.6 is 0 Å². The van der Waals surface area contributed by atoms with Gasteiger partial charge < -0.3 is 10.4 Å². The monoisotopic (exact) mass is 241 g/mol. The zero-order chi connectivity index (χ0) is 13.0. The fraction of sp³-hybridized carbons (Fsp3) is 0.250. The predicted molar refractivity (Wildman–Crippen MR) is 74.6 cm³/mol. The standard InChI is InChI=1S/C16H19NO/c1-12-7-8-16(18)15(9-12)11-17-10-14-6-4-3-5-13(14)2/h3-9,17-18H,10-11H2,1-2H3. The van der Waals surface area contributed by atoms with Gasteiger partial charge in [0.2, 0.25) is 0 Å². The van der Waals surface area contributed by atoms with Crippen LogP contribution in [0.4, 0.5) is 0 Å². The van der Waals surface area contributed by atoms with Gasteiger partial charge in [-0.15, -0.1) is 0 Å². The molecule has 2 nitrogen and oxygen atoms in total. The van der Waals surface area contributed by atoms with Crippen molar-refractivity contribution in [1.82, 2.24) is 5.32 Å². The molecule has 2 rings (SSSR count). The molecule has 0 fully saturated rings. The Labute approximate surface area is 108 Å². The van der Waals surface area contributed by atoms with E-state index in [1.165, 1.54) is 16.7 Å². The second-order valence-electron chi connectivity index (χ2n) is 4.66. The predicted octanol–water partition coefficient (Wildman–Crippen LogP) is 3.30. The molecule has 18 heavy (non-hydrogen) atoms. The lowest BCUT2D eigenvalue weighted by atomic mass is 10.1. The van der Waals surface area contributed by atoms with Crippen molar-refractivity contribution in [2.24, 2.45) is 0 Å². The molecule has 0 aliphatic carbocycles. The third-order valence-electron chi connectivity index (χ3n) is 3.13. The first-order chi connectivity index (χ1) is 8.66. The van der Waals surface area contributed by atoms with Gasteiger partial charge in [0.1, 0.15) is 5.75 Å². The van der Waals surface area contributed by atoms with E-state index in [1.807, 2.05) is 31.2 Å². The van der Waals surface area contributed by atoms with E-state index in [2.05, 4.69) is 24.4 Å². The van der Waals surface area contributed by atoms with Crippen molar-refractivity contribution < 1.29 is 5.11 Å². The second kappa shape index (κ2) is 5.69. The molecule has 0 saturated carbocycles. The normalized spacial score (nSPS) is 10.6. The van der Waals surface area contributed by atoms with E-state index in [9.17, 15) is 5.11 Å². The Morgan fingerprint density at radius 2 is 1.67 bits per heavy atom. The summed E-state index contributed by atoms with van der Waals surface area (Å²) in [6.45, 7) is 5.65. The second-order valence-corrected chi connectivity index (χ2v) is 4.66. The van der Waals surface area contributed by atoms with Crippen LogP contribution in [0.5, 0.6) is 5.75 Å². The van der Waals surface area contributed by atoms with Gasteiger partial charge in [0.25, 0.3) is 0 Å². The summed E-state index contributed by atoms with van der Waals surface area (Å²) >= 11 is 0. The molecule has 94 valence electrons. The maximum atomic E-state index is 9.75. The molecule has 0 saturated heterocycles. The molecule has 2 heteroatoms. The van der Waals surface area contributed by atoms with Crippen LogP contribution in [0.2, 0.25) is 0 Å². The lowest BCUT2D eigenvalue weighted by Crippen LogP contribution is -2.13. The lowest BCUT2D eigenvalue weighted by Gasteiger charge is -2.09. The Hall–Kier alpha value is -1.80. The number of rotatable bonds is 4. The van der Waals surface area contributed by atoms with Gasteiger partial charge in [-0.3, -0.25) is 0 Å². The van der Waals surface area contributed by atoms with E-state index < -0.39 is 0 Å². The molecule has 2 aromatic carbocycles. The molecule has 0 aromatic heterocycles. The summed E-state index contributed by atoms with van der Waals surface area (Å²) < 4.78 is 0. The molecule has 0 atom stereocenters. The fourth-order valence-electron chi connectivity index (χ4n) is 2.00. The summed E-state index contributed by atoms with van der Waals surface area (Å²) in [7, 11) is 0. The van der Waals surface area contributed by atoms with Gasteiger partial charge in [0.05, 0.1) is 0 Å². The molecule has 0 spiro atoms. The van der Waals surface area contributed by atoms with Crippen molar-refractivity contribution in [1.29, 1.82) is 0 Å². The third kappa shape index (κ3) is 3.11. The number of nitrogens with one attached hydrogen (secondary N) is 1. The SMILES string of the molecule is Cc1ccc(O)c(CNCc2ccccc2C)c1. The molecule has 0 aliphatic rings. The summed E-state index contributed by atoms with van der Waals surface area (Å²) in [5.41, 5.74) is 4.70. The smallest absolute Gasteiger partial charge is 0.120 e. The first kappa shape index (κ1) is 12.7. The first-order valence-electron chi connectivity index (χ1n) is 6.20. The Kier molecular flexibility index (Phi) is 4.00. The highest BCUT2D eigenvalue weighted by Crippen LogP contribution is 2.18. The molecule has 0 heterocycles. The summed E-state index contributed by atoms with van der Waals surface area (Å²) in [5, 5.41) is 13.1. The highest BCUT2D eigenvalue weighted by Gasteiger charge is 2.01. The van der Waals surface area contributed by atoms with Crippen molar-refractivity contribution in [2.75, 3.05) is 0 Å². The molecular formula is C16H19NO. The van der Waals surface area contributed by atoms with E-state index in [0.29, 0.717) is 12.3 Å². The van der Waals surface area contributed by atoms with Crippen LogP contribution in [0.25, 0.3) is 0 Å². The Balaban J connectivity index is 1.96. The summed E-state index contributed by atoms with van der Waals surface area (Å²) in [6, 6.07) is 14.0. The van der Waals surface area contributed by atoms with E-state index in [0.717, 1.165) is 12.1 Å². The molecule has 0 unspecified atom stereocenters. The lowest BCUT2D eigenvalue weighted by molar-refractivity contribution is 0.464. The average molecular weight is 241 g/mol. The highest BCUT2D eigenvalue weighted by molar-refractivity contribution is 5.35. The van der Waals surface area contributed by atoms with Gasteiger partial charge in [-0.1, -0.05) is 42.0 Å². The van der Waals surface area contributed by atoms with Crippen molar-refractivity contribution in [3.8, 4) is 5.75 Å². The number of hydrogen-bond acceptors (Lipinski definition) is 2. The first-order valence-corrected chi connectivity index (χ1v) is 6.20. The number of phenols is 1. The molecule has 2 N–H and O–H groups in total. The Morgan fingerprint density at radius 3 is 2.44 bits per heavy atom. The average Bonchev–Trinajstić information content (AvgIpc) is 2.36. The van der Waals surface area contributed by atoms with Gasteiger partial charge in [0.15, 0.2) is 0 Å². The fourth-order valence-corrected chi connectivity index (χ4v) is 2.00. The highest BCUT2D eigenvalue weighted by atomic mass is 16.3. The summed E-state index contributed by atoms with van der Waals surface area (Å²) in [6.07, 6.45) is 0. The largest absolute Gasteiger partial charge is 0.508 e. The van der Waals surface area contributed by atoms with Crippen molar-refractivity contribution in [3.63, 3.8) is 0 Å². The number of aromatic hydroxyl groups is 1. The van der Waals surface area contributed by atoms with E-state index >= 15 is 0 Å². The van der Waals surface area contributed by atoms with Crippen LogP contribution in [0, 0.1) is 13.8 Å². The van der Waals surface area contributed by atoms with E-state index in [-0.39, 0.29) is 0 Å². The van der Waals surface area contributed by atoms with Crippen molar-refractivity contribution in [2.45, 2.75) is 26.9 Å². The van der Waals surface area contributed by atoms with Crippen LogP contribution in [-0.4, -0.2) is 5.11 Å². The molecular weight excluding hydrogens is 222 g/mol. The number of phenolic OH excluding ortho intramolecular Hbond substituents is 1. The van der Waals surface area contributed by atoms with Gasteiger partial charge in [0, 0.05) is 18.7 Å². The molecule has 0 amide bonds. The maximum absolute atomic E-state index is 9.75. The Bertz CT molecular complexity index is 534. The third-order valence-corrected chi connectivity index (χ3v) is 3.13. The van der Waals surface area contributed by atoms with Crippen molar-refractivity contribution >= 4 is 0 Å². The minimum Gasteiger partial charge on any atom is -0.508 e. The van der Waals surface area contributed by atoms with Crippen molar-refractivity contribution in [3.05, 3.63) is 64.7 Å². The van der Waals surface area contributed by atoms with Crippen LogP contribution in [0.3, 0.4) is 0 Å². The Morgan fingerprint density at radius 1 is 0.944 bits per heavy atom. The van der Waals surface area contributed by atoms with Crippen LogP contribution in [0.15, 0.2) is 42.5 Å². The van der Waals surface area contributed by atoms with Gasteiger partial charge in [-0.05, 0) is 31.0 Å². The van der Waals surface area contributed by atoms with Crippen LogP contribution in [0.1, 0.15) is 22.3 Å². The van der Waals surface area contributed by atoms with E-state index in [4.69, 9.17) is 0 Å². The van der Waals surface area contributed by atoms with E-state index in [1.54, 1.807) is 6.07 Å². The minimum atomic E-state index is 0.359.